The third kappa shape index (κ3) is 62.2. The van der Waals surface area contributed by atoms with Gasteiger partial charge >= 0.3 is 39.5 Å². The number of unbranched alkanes of at least 4 members (excludes halogenated alkanes) is 35. The Bertz CT molecular complexity index is 1770. The lowest BCUT2D eigenvalue weighted by Gasteiger charge is -2.21. The van der Waals surface area contributed by atoms with Crippen molar-refractivity contribution in [1.82, 2.24) is 0 Å². The van der Waals surface area contributed by atoms with Crippen molar-refractivity contribution in [3.63, 3.8) is 0 Å². The molecule has 17 nitrogen and oxygen atoms in total. The first-order chi connectivity index (χ1) is 43.3. The average Bonchev–Trinajstić information content (AvgIpc) is 3.24. The van der Waals surface area contributed by atoms with Crippen molar-refractivity contribution in [3.05, 3.63) is 0 Å². The summed E-state index contributed by atoms with van der Waals surface area (Å²) in [6, 6.07) is 0. The van der Waals surface area contributed by atoms with E-state index in [0.29, 0.717) is 31.6 Å². The van der Waals surface area contributed by atoms with Gasteiger partial charge in [-0.2, -0.15) is 0 Å². The minimum Gasteiger partial charge on any atom is -0.462 e. The van der Waals surface area contributed by atoms with Crippen LogP contribution < -0.4 is 0 Å². The molecule has 0 aromatic heterocycles. The highest BCUT2D eigenvalue weighted by Crippen LogP contribution is 2.45. The maximum Gasteiger partial charge on any atom is 0.472 e. The molecule has 0 saturated heterocycles. The number of carbonyl (C=O) groups is 4. The minimum atomic E-state index is -4.95. The molecule has 0 bridgehead atoms. The van der Waals surface area contributed by atoms with Crippen LogP contribution in [0.15, 0.2) is 0 Å². The molecule has 0 amide bonds. The van der Waals surface area contributed by atoms with E-state index in [1.54, 1.807) is 0 Å². The SMILES string of the molecule is CCCCCCCCCCCCCCCCCCCC(=O)O[C@H](COC(=O)CCCCCCCCCCCCC(C)CC)COP(=O)(O)OC[C@@H](O)COP(=O)(O)OC[C@@H](COC(=O)CCCCCCCCC(C)C)OC(=O)CCCCCCCCC(C)CC. The second-order valence-electron chi connectivity index (χ2n) is 26.6. The number of phosphoric acid groups is 2. The highest BCUT2D eigenvalue weighted by atomic mass is 31.2. The lowest BCUT2D eigenvalue weighted by Crippen LogP contribution is -2.30. The number of phosphoric ester groups is 2. The maximum absolute atomic E-state index is 13.0. The largest absolute Gasteiger partial charge is 0.472 e. The molecule has 0 aliphatic rings. The lowest BCUT2D eigenvalue weighted by atomic mass is 9.99. The second kappa shape index (κ2) is 61.9. The van der Waals surface area contributed by atoms with Gasteiger partial charge in [0.2, 0.25) is 0 Å². The summed E-state index contributed by atoms with van der Waals surface area (Å²) in [5.41, 5.74) is 0. The summed E-state index contributed by atoms with van der Waals surface area (Å²) in [6.45, 7) is 11.8. The third-order valence-corrected chi connectivity index (χ3v) is 19.0. The molecule has 4 unspecified atom stereocenters. The molecule has 534 valence electrons. The number of hydrogen-bond acceptors (Lipinski definition) is 15. The van der Waals surface area contributed by atoms with Crippen molar-refractivity contribution < 1.29 is 80.2 Å². The van der Waals surface area contributed by atoms with Crippen molar-refractivity contribution in [2.75, 3.05) is 39.6 Å². The van der Waals surface area contributed by atoms with E-state index in [1.165, 1.54) is 161 Å². The van der Waals surface area contributed by atoms with Crippen LogP contribution in [0.2, 0.25) is 0 Å². The van der Waals surface area contributed by atoms with E-state index in [-0.39, 0.29) is 25.7 Å². The van der Waals surface area contributed by atoms with Gasteiger partial charge in [-0.25, -0.2) is 9.13 Å². The Labute approximate surface area is 549 Å². The van der Waals surface area contributed by atoms with Crippen LogP contribution in [0.25, 0.3) is 0 Å². The van der Waals surface area contributed by atoms with Crippen molar-refractivity contribution in [2.24, 2.45) is 17.8 Å². The van der Waals surface area contributed by atoms with Gasteiger partial charge < -0.3 is 33.8 Å². The van der Waals surface area contributed by atoms with Crippen molar-refractivity contribution in [3.8, 4) is 0 Å². The first-order valence-electron chi connectivity index (χ1n) is 36.9. The Morgan fingerprint density at radius 3 is 0.844 bits per heavy atom. The number of esters is 4. The topological polar surface area (TPSA) is 237 Å². The van der Waals surface area contributed by atoms with Gasteiger partial charge in [0, 0.05) is 25.7 Å². The molecule has 19 heteroatoms. The lowest BCUT2D eigenvalue weighted by molar-refractivity contribution is -0.161. The van der Waals surface area contributed by atoms with Crippen LogP contribution >= 0.6 is 15.6 Å². The van der Waals surface area contributed by atoms with Crippen LogP contribution in [0.1, 0.15) is 357 Å². The smallest absolute Gasteiger partial charge is 0.462 e. The van der Waals surface area contributed by atoms with Crippen molar-refractivity contribution >= 4 is 39.5 Å². The average molecular weight is 1330 g/mol. The van der Waals surface area contributed by atoms with Crippen LogP contribution in [-0.4, -0.2) is 96.7 Å². The predicted octanol–water partition coefficient (Wildman–Crippen LogP) is 20.2. The summed E-state index contributed by atoms with van der Waals surface area (Å²) in [7, 11) is -9.90. The van der Waals surface area contributed by atoms with Crippen LogP contribution in [-0.2, 0) is 65.4 Å². The number of carbonyl (C=O) groups excluding carboxylic acids is 4. The Hall–Kier alpha value is -1.94. The van der Waals surface area contributed by atoms with Crippen LogP contribution in [0.3, 0.4) is 0 Å². The molecular formula is C71H138O17P2. The fraction of sp³-hybridized carbons (Fsp3) is 0.944. The van der Waals surface area contributed by atoms with Gasteiger partial charge in [-0.3, -0.25) is 37.3 Å². The van der Waals surface area contributed by atoms with Crippen LogP contribution in [0.5, 0.6) is 0 Å². The molecule has 3 N–H and O–H groups in total. The third-order valence-electron chi connectivity index (χ3n) is 17.1. The molecule has 0 aliphatic heterocycles. The Balaban J connectivity index is 5.24. The molecule has 0 fully saturated rings. The van der Waals surface area contributed by atoms with Crippen molar-refractivity contribution in [2.45, 2.75) is 375 Å². The molecular weight excluding hydrogens is 1190 g/mol. The molecule has 0 aromatic carbocycles. The maximum atomic E-state index is 13.0. The summed E-state index contributed by atoms with van der Waals surface area (Å²) < 4.78 is 68.3. The Morgan fingerprint density at radius 2 is 0.567 bits per heavy atom. The molecule has 90 heavy (non-hydrogen) atoms. The summed E-state index contributed by atoms with van der Waals surface area (Å²) in [6.07, 6.45) is 46.0. The number of rotatable bonds is 69. The van der Waals surface area contributed by atoms with Gasteiger partial charge in [-0.1, -0.05) is 305 Å². The van der Waals surface area contributed by atoms with Crippen LogP contribution in [0, 0.1) is 17.8 Å². The van der Waals surface area contributed by atoms with E-state index in [9.17, 15) is 43.2 Å². The molecule has 0 heterocycles. The normalized spacial score (nSPS) is 14.8. The molecule has 0 rings (SSSR count). The highest BCUT2D eigenvalue weighted by Gasteiger charge is 2.30. The zero-order valence-electron chi connectivity index (χ0n) is 58.6. The van der Waals surface area contributed by atoms with Gasteiger partial charge in [0.25, 0.3) is 0 Å². The zero-order chi connectivity index (χ0) is 66.6. The first kappa shape index (κ1) is 88.1. The van der Waals surface area contributed by atoms with E-state index < -0.39 is 97.5 Å². The molecule has 0 aromatic rings. The van der Waals surface area contributed by atoms with E-state index in [0.717, 1.165) is 108 Å². The fourth-order valence-corrected chi connectivity index (χ4v) is 12.2. The first-order valence-corrected chi connectivity index (χ1v) is 39.9. The number of aliphatic hydroxyl groups is 1. The van der Waals surface area contributed by atoms with Crippen LogP contribution in [0.4, 0.5) is 0 Å². The van der Waals surface area contributed by atoms with Gasteiger partial charge in [0.15, 0.2) is 12.2 Å². The number of ether oxygens (including phenoxy) is 4. The summed E-state index contributed by atoms with van der Waals surface area (Å²) in [5.74, 6) is 0.0798. The predicted molar refractivity (Wildman–Crippen MR) is 363 cm³/mol. The minimum absolute atomic E-state index is 0.102. The van der Waals surface area contributed by atoms with E-state index in [2.05, 4.69) is 48.5 Å². The molecule has 7 atom stereocenters. The summed E-state index contributed by atoms with van der Waals surface area (Å²) in [4.78, 5) is 72.5. The molecule has 0 aliphatic carbocycles. The van der Waals surface area contributed by atoms with E-state index >= 15 is 0 Å². The number of aliphatic hydroxyl groups excluding tert-OH is 1. The molecule has 0 spiro atoms. The highest BCUT2D eigenvalue weighted by molar-refractivity contribution is 7.47. The Morgan fingerprint density at radius 1 is 0.322 bits per heavy atom. The standard InChI is InChI=1S/C71H138O17P2/c1-8-11-12-13-14-15-16-17-18-19-20-21-22-27-30-40-47-54-70(75)87-66(58-81-68(73)52-45-38-29-26-24-23-25-28-36-43-50-63(6)9-2)60-85-89(77,78)83-56-65(72)57-84-90(79,80)86-61-67(59-82-69(74)53-46-39-33-31-35-42-49-62(4)5)88-71(76)55-48-41-34-32-37-44-51-64(7)10-3/h62-67,72H,8-61H2,1-7H3,(H,77,78)(H,79,80)/t63?,64?,65-,66-,67-/m1/s1. The van der Waals surface area contributed by atoms with E-state index in [1.807, 2.05) is 0 Å². The molecule has 0 radical (unpaired) electrons. The number of hydrogen-bond donors (Lipinski definition) is 3. The second-order valence-corrected chi connectivity index (χ2v) is 29.5. The van der Waals surface area contributed by atoms with Gasteiger partial charge in [-0.15, -0.1) is 0 Å². The molecule has 0 saturated carbocycles. The van der Waals surface area contributed by atoms with Crippen molar-refractivity contribution in [1.29, 1.82) is 0 Å². The quantitative estimate of drug-likeness (QED) is 0.0222. The van der Waals surface area contributed by atoms with Gasteiger partial charge in [0.1, 0.15) is 19.3 Å². The monoisotopic (exact) mass is 1320 g/mol. The van der Waals surface area contributed by atoms with Gasteiger partial charge in [0.05, 0.1) is 26.4 Å². The Kier molecular flexibility index (Phi) is 60.6. The summed E-state index contributed by atoms with van der Waals surface area (Å²) >= 11 is 0. The summed E-state index contributed by atoms with van der Waals surface area (Å²) in [5, 5.41) is 10.6. The fourth-order valence-electron chi connectivity index (χ4n) is 10.7. The zero-order valence-corrected chi connectivity index (χ0v) is 60.4. The van der Waals surface area contributed by atoms with Gasteiger partial charge in [-0.05, 0) is 43.4 Å². The van der Waals surface area contributed by atoms with E-state index in [4.69, 9.17) is 37.0 Å².